The summed E-state index contributed by atoms with van der Waals surface area (Å²) in [6.07, 6.45) is -1.17. The molecule has 24 heteroatoms. The van der Waals surface area contributed by atoms with E-state index < -0.39 is 64.1 Å². The summed E-state index contributed by atoms with van der Waals surface area (Å²) in [7, 11) is 1.57. The van der Waals surface area contributed by atoms with Crippen molar-refractivity contribution in [2.75, 3.05) is 23.9 Å². The van der Waals surface area contributed by atoms with E-state index in [1.165, 1.54) is 53.6 Å². The number of oxime groups is 1. The first-order chi connectivity index (χ1) is 39.0. The zero-order chi connectivity index (χ0) is 59.0. The Labute approximate surface area is 486 Å². The lowest BCUT2D eigenvalue weighted by atomic mass is 9.77. The van der Waals surface area contributed by atoms with Crippen molar-refractivity contribution in [2.24, 2.45) is 5.16 Å². The number of halogens is 3. The number of nitrogens with one attached hydrogen (secondary N) is 2. The number of alkyl halides is 3. The Balaban J connectivity index is 0.00000118. The number of aryl methyl sites for hydroxylation is 1. The fraction of sp³-hybridized carbons (Fsp3) is 0.293. The second-order valence-corrected chi connectivity index (χ2v) is 24.1. The molecular weight excluding hydrogens is 1140 g/mol. The summed E-state index contributed by atoms with van der Waals surface area (Å²) >= 11 is 5.71. The number of thioether (sulfide) groups is 2. The van der Waals surface area contributed by atoms with Crippen LogP contribution in [0.2, 0.25) is 0 Å². The molecule has 9 rings (SSSR count). The predicted molar refractivity (Wildman–Crippen MR) is 305 cm³/mol. The number of methoxy groups -OCH3 is 1. The summed E-state index contributed by atoms with van der Waals surface area (Å²) in [6.45, 7) is 11.0. The predicted octanol–water partition coefficient (Wildman–Crippen LogP) is 8.80. The minimum atomic E-state index is -5.19. The minimum absolute atomic E-state index is 0.0465. The Morgan fingerprint density at radius 3 is 2.01 bits per heavy atom. The fourth-order valence-corrected chi connectivity index (χ4v) is 12.7. The lowest BCUT2D eigenvalue weighted by Crippen LogP contribution is -2.71. The SMILES string of the molecule is CC[n+]1ccc2sc(SCC3=C(C(=O)OCc4ccc(OC)cc4)N4C(=O)C(NC(=O)/C(=N\OC(C)(C)C(=O)OC(C)(C)C)c5csc(NC(c6ccccc6)(c6ccccc6)c6ccccc6)n5)[C@@H]4SC3)nc2c1.O=C([O-])C(F)(F)F. The molecule has 7 aromatic rings. The molecule has 0 saturated carbocycles. The maximum absolute atomic E-state index is 14.8. The third-order valence-corrected chi connectivity index (χ3v) is 16.9. The number of aromatic nitrogens is 3. The normalized spacial score (nSPS) is 15.6. The molecule has 2 N–H and O–H groups in total. The quantitative estimate of drug-likeness (QED) is 0.0147. The highest BCUT2D eigenvalue weighted by molar-refractivity contribution is 8.02. The standard InChI is InChI=1S/C56H55N7O8S4.C2HF3O2/c1-8-62-29-28-43-41(30-62)58-53(75-43)74-33-36-32-72-49-45(48(65)63(49)46(36)50(66)69-31-35-24-26-40(68-7)27-25-35)59-47(64)44(61-71-55(5,6)51(67)70-54(2,3)4)42-34-73-52(57-42)60-56(37-18-12-9-13-19-37,38-20-14-10-15-21-38)39-22-16-11-17-23-39;3-2(4,5)1(6)7/h9-30,34,45,49H,8,31-33H2,1-7H3,(H-,57,59,60,64);(H,6,7)/b61-44-;/t45?,49-;/m0./s1. The van der Waals surface area contributed by atoms with E-state index in [2.05, 4.69) is 27.3 Å². The second kappa shape index (κ2) is 25.6. The van der Waals surface area contributed by atoms with Gasteiger partial charge in [-0.25, -0.2) is 24.1 Å². The molecule has 0 bridgehead atoms. The van der Waals surface area contributed by atoms with Crippen LogP contribution in [0.4, 0.5) is 18.3 Å². The van der Waals surface area contributed by atoms with Crippen molar-refractivity contribution in [1.29, 1.82) is 0 Å². The van der Waals surface area contributed by atoms with Crippen molar-refractivity contribution >= 4 is 97.0 Å². The number of thiazole rings is 2. The summed E-state index contributed by atoms with van der Waals surface area (Å²) < 4.78 is 52.3. The summed E-state index contributed by atoms with van der Waals surface area (Å²) in [5.41, 5.74) is 1.64. The number of β-lactam (4-membered cyclic amide) rings is 1. The Hall–Kier alpha value is -7.80. The third kappa shape index (κ3) is 14.1. The molecule has 2 amide bonds. The van der Waals surface area contributed by atoms with Gasteiger partial charge in [0, 0.05) is 23.0 Å². The van der Waals surface area contributed by atoms with E-state index in [9.17, 15) is 32.3 Å². The first-order valence-electron chi connectivity index (χ1n) is 25.4. The summed E-state index contributed by atoms with van der Waals surface area (Å²) in [5, 5.41) is 21.2. The van der Waals surface area contributed by atoms with E-state index in [0.29, 0.717) is 28.0 Å². The molecule has 82 heavy (non-hydrogen) atoms. The number of nitrogens with zero attached hydrogens (tertiary/aromatic N) is 5. The van der Waals surface area contributed by atoms with Gasteiger partial charge in [0.15, 0.2) is 27.6 Å². The van der Waals surface area contributed by atoms with Gasteiger partial charge in [-0.2, -0.15) is 13.2 Å². The van der Waals surface area contributed by atoms with E-state index in [1.54, 1.807) is 68.9 Å². The fourth-order valence-electron chi connectivity index (χ4n) is 8.42. The van der Waals surface area contributed by atoms with Crippen molar-refractivity contribution in [3.05, 3.63) is 178 Å². The van der Waals surface area contributed by atoms with Gasteiger partial charge in [0.05, 0.1) is 11.8 Å². The largest absolute Gasteiger partial charge is 0.542 e. The number of esters is 2. The van der Waals surface area contributed by atoms with Gasteiger partial charge in [0.1, 0.15) is 64.3 Å². The van der Waals surface area contributed by atoms with Gasteiger partial charge in [-0.15, -0.1) is 34.4 Å². The van der Waals surface area contributed by atoms with Crippen LogP contribution in [0.3, 0.4) is 0 Å². The molecule has 1 unspecified atom stereocenters. The van der Waals surface area contributed by atoms with Crippen LogP contribution in [0.25, 0.3) is 10.2 Å². The van der Waals surface area contributed by atoms with Gasteiger partial charge in [0.25, 0.3) is 11.8 Å². The van der Waals surface area contributed by atoms with Crippen LogP contribution in [0.1, 0.15) is 69.5 Å². The molecule has 0 radical (unpaired) electrons. The Morgan fingerprint density at radius 2 is 1.46 bits per heavy atom. The lowest BCUT2D eigenvalue weighted by molar-refractivity contribution is -0.692. The zero-order valence-electron chi connectivity index (χ0n) is 45.3. The molecule has 2 aliphatic heterocycles. The maximum Gasteiger partial charge on any atom is 0.430 e. The van der Waals surface area contributed by atoms with Crippen molar-refractivity contribution in [3.8, 4) is 5.75 Å². The lowest BCUT2D eigenvalue weighted by Gasteiger charge is -2.49. The van der Waals surface area contributed by atoms with E-state index in [4.69, 9.17) is 38.9 Å². The molecule has 1 saturated heterocycles. The number of anilines is 1. The number of hydrogen-bond donors (Lipinski definition) is 2. The van der Waals surface area contributed by atoms with Crippen molar-refractivity contribution in [3.63, 3.8) is 0 Å². The number of ether oxygens (including phenoxy) is 3. The number of aliphatic carboxylic acids is 1. The zero-order valence-corrected chi connectivity index (χ0v) is 48.6. The average Bonchev–Trinajstić information content (AvgIpc) is 4.21. The molecule has 0 aliphatic carbocycles. The third-order valence-electron chi connectivity index (χ3n) is 12.5. The molecular formula is C58H56F3N7O10S4. The van der Waals surface area contributed by atoms with Crippen LogP contribution < -0.4 is 25.0 Å². The Bertz CT molecular complexity index is 3410. The number of carboxylic acids is 1. The highest BCUT2D eigenvalue weighted by atomic mass is 32.2. The van der Waals surface area contributed by atoms with E-state index in [1.807, 2.05) is 109 Å². The topological polar surface area (TPSA) is 215 Å². The molecule has 4 aromatic carbocycles. The molecule has 2 aliphatic rings. The number of amides is 2. The first-order valence-corrected chi connectivity index (χ1v) is 29.1. The van der Waals surface area contributed by atoms with Crippen molar-refractivity contribution < 1.29 is 65.9 Å². The molecule has 17 nitrogen and oxygen atoms in total. The average molecular weight is 1200 g/mol. The maximum atomic E-state index is 14.8. The number of pyridine rings is 1. The Kier molecular flexibility index (Phi) is 18.8. The van der Waals surface area contributed by atoms with Crippen LogP contribution in [0.5, 0.6) is 5.75 Å². The summed E-state index contributed by atoms with van der Waals surface area (Å²) in [6, 6.07) is 38.1. The summed E-state index contributed by atoms with van der Waals surface area (Å²) in [5.74, 6) is -4.30. The summed E-state index contributed by atoms with van der Waals surface area (Å²) in [4.78, 5) is 82.9. The Morgan fingerprint density at radius 1 is 0.866 bits per heavy atom. The van der Waals surface area contributed by atoms with Crippen LogP contribution in [0, 0.1) is 0 Å². The number of carbonyl (C=O) groups is 5. The smallest absolute Gasteiger partial charge is 0.430 e. The number of hydrogen-bond acceptors (Lipinski definition) is 18. The first kappa shape index (κ1) is 60.3. The molecule has 0 spiro atoms. The van der Waals surface area contributed by atoms with E-state index in [0.717, 1.165) is 43.4 Å². The number of carboxylic acid groups (broad SMARTS) is 1. The monoisotopic (exact) mass is 1200 g/mol. The van der Waals surface area contributed by atoms with Crippen LogP contribution in [-0.4, -0.2) is 97.7 Å². The van der Waals surface area contributed by atoms with Gasteiger partial charge >= 0.3 is 18.1 Å². The van der Waals surface area contributed by atoms with E-state index in [-0.39, 0.29) is 23.7 Å². The van der Waals surface area contributed by atoms with Gasteiger partial charge in [-0.3, -0.25) is 14.5 Å². The number of fused-ring (bicyclic) bond motifs is 2. The molecule has 428 valence electrons. The van der Waals surface area contributed by atoms with E-state index >= 15 is 0 Å². The number of rotatable bonds is 19. The molecule has 1 fully saturated rings. The van der Waals surface area contributed by atoms with Gasteiger partial charge < -0.3 is 39.6 Å². The minimum Gasteiger partial charge on any atom is -0.542 e. The number of benzene rings is 4. The number of carbonyl (C=O) groups excluding carboxylic acids is 5. The highest BCUT2D eigenvalue weighted by Gasteiger charge is 2.55. The van der Waals surface area contributed by atoms with Crippen LogP contribution in [-0.2, 0) is 57.0 Å². The molecule has 5 heterocycles. The van der Waals surface area contributed by atoms with Gasteiger partial charge in [0.2, 0.25) is 5.60 Å². The van der Waals surface area contributed by atoms with Crippen molar-refractivity contribution in [1.82, 2.24) is 20.2 Å². The van der Waals surface area contributed by atoms with Crippen LogP contribution in [0.15, 0.2) is 160 Å². The van der Waals surface area contributed by atoms with Gasteiger partial charge in [-0.05, 0) is 81.5 Å². The van der Waals surface area contributed by atoms with Crippen molar-refractivity contribution in [2.45, 2.75) is 93.4 Å². The second-order valence-electron chi connectivity index (χ2n) is 19.9. The van der Waals surface area contributed by atoms with Crippen LogP contribution >= 0.6 is 46.2 Å². The molecule has 2 atom stereocenters. The van der Waals surface area contributed by atoms with Gasteiger partial charge in [-0.1, -0.05) is 120 Å². The molecule has 3 aromatic heterocycles. The highest BCUT2D eigenvalue weighted by Crippen LogP contribution is 2.44.